The lowest BCUT2D eigenvalue weighted by atomic mass is 9.53. The molecule has 1 fully saturated rings. The van der Waals surface area contributed by atoms with Gasteiger partial charge in [-0.15, -0.1) is 0 Å². The van der Waals surface area contributed by atoms with Gasteiger partial charge in [0.2, 0.25) is 0 Å². The van der Waals surface area contributed by atoms with Crippen LogP contribution < -0.4 is 0 Å². The van der Waals surface area contributed by atoms with Crippen molar-refractivity contribution in [3.05, 3.63) is 0 Å². The summed E-state index contributed by atoms with van der Waals surface area (Å²) in [7, 11) is 5.35. The molecular formula is C6H11BO. The van der Waals surface area contributed by atoms with E-state index >= 15 is 0 Å². The third-order valence-corrected chi connectivity index (χ3v) is 1.57. The van der Waals surface area contributed by atoms with E-state index in [4.69, 9.17) is 13.0 Å². The molecular weight excluding hydrogens is 98.9 g/mol. The van der Waals surface area contributed by atoms with Gasteiger partial charge in [0, 0.05) is 5.50 Å². The van der Waals surface area contributed by atoms with E-state index in [1.807, 2.05) is 0 Å². The van der Waals surface area contributed by atoms with E-state index in [9.17, 15) is 0 Å². The van der Waals surface area contributed by atoms with Gasteiger partial charge in [0.25, 0.3) is 0 Å². The van der Waals surface area contributed by atoms with Gasteiger partial charge in [0.1, 0.15) is 7.85 Å². The van der Waals surface area contributed by atoms with E-state index in [2.05, 4.69) is 13.8 Å². The van der Waals surface area contributed by atoms with Crippen molar-refractivity contribution in [1.29, 1.82) is 0 Å². The van der Waals surface area contributed by atoms with Gasteiger partial charge in [-0.05, 0) is 18.3 Å². The highest BCUT2D eigenvalue weighted by molar-refractivity contribution is 6.15. The highest BCUT2D eigenvalue weighted by Crippen LogP contribution is 2.45. The smallest absolute Gasteiger partial charge is 0.113 e. The van der Waals surface area contributed by atoms with Gasteiger partial charge in [-0.2, -0.15) is 0 Å². The fraction of sp³-hybridized carbons (Fsp3) is 1.00. The minimum atomic E-state index is -0.844. The normalized spacial score (nSPS) is 31.4. The van der Waals surface area contributed by atoms with Gasteiger partial charge in [-0.25, -0.2) is 0 Å². The van der Waals surface area contributed by atoms with Crippen LogP contribution in [0.25, 0.3) is 0 Å². The van der Waals surface area contributed by atoms with E-state index in [-0.39, 0.29) is 5.41 Å². The van der Waals surface area contributed by atoms with Crippen LogP contribution in [0.1, 0.15) is 26.7 Å². The predicted molar refractivity (Wildman–Crippen MR) is 33.7 cm³/mol. The number of hydrogen-bond donors (Lipinski definition) is 1. The van der Waals surface area contributed by atoms with Gasteiger partial charge >= 0.3 is 0 Å². The summed E-state index contributed by atoms with van der Waals surface area (Å²) in [6.07, 6.45) is 1.47. The molecule has 0 bridgehead atoms. The van der Waals surface area contributed by atoms with Crippen LogP contribution in [0, 0.1) is 5.41 Å². The monoisotopic (exact) mass is 110 g/mol. The predicted octanol–water partition coefficient (Wildman–Crippen LogP) is 0.663. The Balaban J connectivity index is 2.42. The summed E-state index contributed by atoms with van der Waals surface area (Å²) in [6, 6.07) is 0. The van der Waals surface area contributed by atoms with E-state index in [1.54, 1.807) is 0 Å². The lowest BCUT2D eigenvalue weighted by molar-refractivity contribution is -0.0458. The molecule has 2 heteroatoms. The molecule has 0 aromatic carbocycles. The Morgan fingerprint density at radius 3 is 1.75 bits per heavy atom. The molecule has 8 heavy (non-hydrogen) atoms. The highest BCUT2D eigenvalue weighted by atomic mass is 16.3. The zero-order valence-corrected chi connectivity index (χ0v) is 5.44. The van der Waals surface area contributed by atoms with Crippen LogP contribution in [0.5, 0.6) is 0 Å². The molecule has 0 aromatic heterocycles. The zero-order valence-electron chi connectivity index (χ0n) is 5.44. The van der Waals surface area contributed by atoms with Crippen molar-refractivity contribution in [1.82, 2.24) is 0 Å². The van der Waals surface area contributed by atoms with Crippen molar-refractivity contribution in [3.8, 4) is 0 Å². The van der Waals surface area contributed by atoms with Crippen LogP contribution in [-0.4, -0.2) is 18.5 Å². The summed E-state index contributed by atoms with van der Waals surface area (Å²) in [5, 5.41) is 9.03. The summed E-state index contributed by atoms with van der Waals surface area (Å²) in [5.74, 6) is 0. The second-order valence-electron chi connectivity index (χ2n) is 3.62. The molecule has 0 atom stereocenters. The van der Waals surface area contributed by atoms with E-state index < -0.39 is 5.50 Å². The maximum absolute atomic E-state index is 9.03. The van der Waals surface area contributed by atoms with E-state index in [0.29, 0.717) is 0 Å². The molecule has 44 valence electrons. The van der Waals surface area contributed by atoms with Crippen LogP contribution in [-0.2, 0) is 0 Å². The lowest BCUT2D eigenvalue weighted by Gasteiger charge is -2.48. The second kappa shape index (κ2) is 1.30. The molecule has 0 aliphatic heterocycles. The van der Waals surface area contributed by atoms with Gasteiger partial charge in [-0.1, -0.05) is 13.8 Å². The molecule has 1 nitrogen and oxygen atoms in total. The van der Waals surface area contributed by atoms with Gasteiger partial charge < -0.3 is 5.11 Å². The molecule has 0 aromatic rings. The molecule has 1 N–H and O–H groups in total. The Morgan fingerprint density at radius 2 is 1.75 bits per heavy atom. The van der Waals surface area contributed by atoms with Crippen LogP contribution >= 0.6 is 0 Å². The zero-order chi connectivity index (χ0) is 6.41. The Morgan fingerprint density at radius 1 is 1.38 bits per heavy atom. The Kier molecular flexibility index (Phi) is 0.997. The van der Waals surface area contributed by atoms with Crippen molar-refractivity contribution in [2.45, 2.75) is 32.2 Å². The summed E-state index contributed by atoms with van der Waals surface area (Å²) >= 11 is 0. The van der Waals surface area contributed by atoms with Crippen molar-refractivity contribution >= 4 is 7.85 Å². The molecule has 1 saturated carbocycles. The van der Waals surface area contributed by atoms with E-state index in [1.165, 1.54) is 0 Å². The summed E-state index contributed by atoms with van der Waals surface area (Å²) in [4.78, 5) is 0. The van der Waals surface area contributed by atoms with Crippen LogP contribution in [0.3, 0.4) is 0 Å². The Hall–Kier alpha value is 0.0249. The van der Waals surface area contributed by atoms with Crippen molar-refractivity contribution in [2.75, 3.05) is 0 Å². The van der Waals surface area contributed by atoms with Crippen LogP contribution in [0.2, 0.25) is 0 Å². The fourth-order valence-electron chi connectivity index (χ4n) is 1.61. The van der Waals surface area contributed by atoms with Gasteiger partial charge in [-0.3, -0.25) is 0 Å². The largest absolute Gasteiger partial charge is 0.400 e. The molecule has 0 unspecified atom stereocenters. The Labute approximate surface area is 51.5 Å². The quantitative estimate of drug-likeness (QED) is 0.454. The molecule has 2 radical (unpaired) electrons. The molecule has 0 spiro atoms. The maximum atomic E-state index is 9.03. The van der Waals surface area contributed by atoms with Gasteiger partial charge in [0.15, 0.2) is 0 Å². The van der Waals surface area contributed by atoms with Crippen molar-refractivity contribution in [2.24, 2.45) is 5.41 Å². The standard InChI is InChI=1S/C6H11BO/c1-5(2)3-6(7,8)4-5/h8H,3-4H2,1-2H3. The molecule has 0 heterocycles. The van der Waals surface area contributed by atoms with E-state index in [0.717, 1.165) is 12.8 Å². The maximum Gasteiger partial charge on any atom is 0.113 e. The topological polar surface area (TPSA) is 20.2 Å². The molecule has 1 rings (SSSR count). The van der Waals surface area contributed by atoms with Crippen molar-refractivity contribution in [3.63, 3.8) is 0 Å². The average Bonchev–Trinajstić information content (AvgIpc) is 1.20. The lowest BCUT2D eigenvalue weighted by Crippen LogP contribution is -2.49. The minimum absolute atomic E-state index is 0.281. The fourth-order valence-corrected chi connectivity index (χ4v) is 1.61. The van der Waals surface area contributed by atoms with Crippen molar-refractivity contribution < 1.29 is 5.11 Å². The van der Waals surface area contributed by atoms with Crippen LogP contribution in [0.15, 0.2) is 0 Å². The third-order valence-electron chi connectivity index (χ3n) is 1.57. The minimum Gasteiger partial charge on any atom is -0.400 e. The number of aliphatic hydroxyl groups is 1. The SMILES string of the molecule is [B]C1(O)CC(C)(C)C1. The first kappa shape index (κ1) is 6.15. The first-order chi connectivity index (χ1) is 3.41. The highest BCUT2D eigenvalue weighted by Gasteiger charge is 2.43. The summed E-state index contributed by atoms with van der Waals surface area (Å²) in [6.45, 7) is 4.21. The molecule has 0 amide bonds. The third kappa shape index (κ3) is 1.05. The average molecular weight is 110 g/mol. The summed E-state index contributed by atoms with van der Waals surface area (Å²) < 4.78 is 0. The first-order valence-electron chi connectivity index (χ1n) is 2.93. The second-order valence-corrected chi connectivity index (χ2v) is 3.62. The molecule has 0 saturated heterocycles. The van der Waals surface area contributed by atoms with Crippen LogP contribution in [0.4, 0.5) is 0 Å². The molecule has 1 aliphatic carbocycles. The molecule has 1 aliphatic rings. The number of hydrogen-bond acceptors (Lipinski definition) is 1. The Bertz CT molecular complexity index is 85.1. The van der Waals surface area contributed by atoms with Gasteiger partial charge in [0.05, 0.1) is 0 Å². The first-order valence-corrected chi connectivity index (χ1v) is 2.93. The summed E-state index contributed by atoms with van der Waals surface area (Å²) in [5.41, 5.74) is -0.562. The number of rotatable bonds is 0.